The minimum atomic E-state index is -0.177. The molecule has 0 aromatic heterocycles. The SMILES string of the molecule is CCCCCCCCCCC/C=C/CCCCC(N)=O. The summed E-state index contributed by atoms with van der Waals surface area (Å²) >= 11 is 0. The molecule has 0 spiro atoms. The Labute approximate surface area is 126 Å². The van der Waals surface area contributed by atoms with Gasteiger partial charge in [0.15, 0.2) is 0 Å². The van der Waals surface area contributed by atoms with Gasteiger partial charge in [-0.3, -0.25) is 4.79 Å². The zero-order chi connectivity index (χ0) is 14.9. The van der Waals surface area contributed by atoms with Crippen LogP contribution in [0.2, 0.25) is 0 Å². The van der Waals surface area contributed by atoms with E-state index in [2.05, 4.69) is 19.1 Å². The summed E-state index contributed by atoms with van der Waals surface area (Å²) in [6.45, 7) is 2.27. The van der Waals surface area contributed by atoms with Gasteiger partial charge in [0.05, 0.1) is 0 Å². The number of rotatable bonds is 15. The summed E-state index contributed by atoms with van der Waals surface area (Å²) in [6, 6.07) is 0. The van der Waals surface area contributed by atoms with Crippen molar-refractivity contribution < 1.29 is 4.79 Å². The summed E-state index contributed by atoms with van der Waals surface area (Å²) in [6.07, 6.45) is 21.9. The zero-order valence-corrected chi connectivity index (χ0v) is 13.5. The number of hydrogen-bond acceptors (Lipinski definition) is 1. The van der Waals surface area contributed by atoms with Crippen molar-refractivity contribution in [3.63, 3.8) is 0 Å². The Morgan fingerprint density at radius 1 is 0.750 bits per heavy atom. The van der Waals surface area contributed by atoms with Crippen LogP contribution in [0, 0.1) is 0 Å². The molecular formula is C18H35NO. The summed E-state index contributed by atoms with van der Waals surface area (Å²) in [5.74, 6) is -0.177. The first-order chi connectivity index (χ1) is 9.77. The van der Waals surface area contributed by atoms with Crippen molar-refractivity contribution in [2.45, 2.75) is 96.8 Å². The van der Waals surface area contributed by atoms with Crippen LogP contribution in [0.3, 0.4) is 0 Å². The van der Waals surface area contributed by atoms with Gasteiger partial charge in [-0.2, -0.15) is 0 Å². The molecule has 0 bridgehead atoms. The van der Waals surface area contributed by atoms with E-state index in [1.54, 1.807) is 0 Å². The van der Waals surface area contributed by atoms with E-state index in [1.807, 2.05) is 0 Å². The Morgan fingerprint density at radius 2 is 1.20 bits per heavy atom. The topological polar surface area (TPSA) is 43.1 Å². The van der Waals surface area contributed by atoms with Gasteiger partial charge in [-0.15, -0.1) is 0 Å². The maximum atomic E-state index is 10.5. The van der Waals surface area contributed by atoms with Crippen molar-refractivity contribution in [1.82, 2.24) is 0 Å². The Hall–Kier alpha value is -0.790. The van der Waals surface area contributed by atoms with Crippen molar-refractivity contribution in [3.8, 4) is 0 Å². The third kappa shape index (κ3) is 17.2. The summed E-state index contributed by atoms with van der Waals surface area (Å²) in [5, 5.41) is 0. The van der Waals surface area contributed by atoms with Gasteiger partial charge in [0.2, 0.25) is 5.91 Å². The minimum Gasteiger partial charge on any atom is -0.370 e. The molecular weight excluding hydrogens is 246 g/mol. The van der Waals surface area contributed by atoms with Gasteiger partial charge in [-0.25, -0.2) is 0 Å². The molecule has 0 radical (unpaired) electrons. The minimum absolute atomic E-state index is 0.177. The smallest absolute Gasteiger partial charge is 0.217 e. The second kappa shape index (κ2) is 16.3. The Kier molecular flexibility index (Phi) is 15.6. The average Bonchev–Trinajstić information content (AvgIpc) is 2.43. The fourth-order valence-corrected chi connectivity index (χ4v) is 2.37. The quantitative estimate of drug-likeness (QED) is 0.312. The number of nitrogens with two attached hydrogens (primary N) is 1. The molecule has 0 aliphatic carbocycles. The first-order valence-corrected chi connectivity index (χ1v) is 8.70. The molecule has 0 rings (SSSR count). The van der Waals surface area contributed by atoms with Gasteiger partial charge in [0.1, 0.15) is 0 Å². The Morgan fingerprint density at radius 3 is 1.70 bits per heavy atom. The summed E-state index contributed by atoms with van der Waals surface area (Å²) in [5.41, 5.74) is 5.09. The molecule has 0 aromatic carbocycles. The van der Waals surface area contributed by atoms with Crippen LogP contribution < -0.4 is 5.73 Å². The van der Waals surface area contributed by atoms with E-state index in [0.717, 1.165) is 19.3 Å². The van der Waals surface area contributed by atoms with Gasteiger partial charge in [-0.1, -0.05) is 70.4 Å². The molecule has 0 aliphatic rings. The molecule has 0 atom stereocenters. The van der Waals surface area contributed by atoms with Crippen molar-refractivity contribution in [3.05, 3.63) is 12.2 Å². The fourth-order valence-electron chi connectivity index (χ4n) is 2.37. The van der Waals surface area contributed by atoms with Crippen molar-refractivity contribution in [2.24, 2.45) is 5.73 Å². The number of allylic oxidation sites excluding steroid dienone is 2. The zero-order valence-electron chi connectivity index (χ0n) is 13.5. The van der Waals surface area contributed by atoms with E-state index in [9.17, 15) is 4.79 Å². The standard InChI is InChI=1S/C18H35NO/c1-2-3-4-5-6-7-8-9-10-11-12-13-14-15-16-17-18(19)20/h12-13H,2-11,14-17H2,1H3,(H2,19,20)/b13-12+. The first-order valence-electron chi connectivity index (χ1n) is 8.70. The van der Waals surface area contributed by atoms with E-state index in [0.29, 0.717) is 6.42 Å². The highest BCUT2D eigenvalue weighted by Crippen LogP contribution is 2.10. The maximum Gasteiger partial charge on any atom is 0.217 e. The summed E-state index contributed by atoms with van der Waals surface area (Å²) in [4.78, 5) is 10.5. The van der Waals surface area contributed by atoms with E-state index in [-0.39, 0.29) is 5.91 Å². The number of carbonyl (C=O) groups is 1. The number of primary amides is 1. The highest BCUT2D eigenvalue weighted by Gasteiger charge is 1.93. The summed E-state index contributed by atoms with van der Waals surface area (Å²) in [7, 11) is 0. The van der Waals surface area contributed by atoms with Crippen molar-refractivity contribution in [1.29, 1.82) is 0 Å². The van der Waals surface area contributed by atoms with E-state index >= 15 is 0 Å². The molecule has 0 aliphatic heterocycles. The number of unbranched alkanes of at least 4 members (excludes halogenated alkanes) is 11. The van der Waals surface area contributed by atoms with Gasteiger partial charge in [-0.05, 0) is 32.1 Å². The van der Waals surface area contributed by atoms with Crippen LogP contribution in [0.25, 0.3) is 0 Å². The highest BCUT2D eigenvalue weighted by molar-refractivity contribution is 5.73. The van der Waals surface area contributed by atoms with Crippen LogP contribution in [0.1, 0.15) is 96.8 Å². The molecule has 118 valence electrons. The maximum absolute atomic E-state index is 10.5. The second-order valence-corrected chi connectivity index (χ2v) is 5.80. The lowest BCUT2D eigenvalue weighted by atomic mass is 10.1. The molecule has 2 heteroatoms. The lowest BCUT2D eigenvalue weighted by molar-refractivity contribution is -0.118. The Bertz CT molecular complexity index is 236. The molecule has 0 aromatic rings. The van der Waals surface area contributed by atoms with Gasteiger partial charge >= 0.3 is 0 Å². The first kappa shape index (κ1) is 19.2. The number of carbonyl (C=O) groups excluding carboxylic acids is 1. The number of hydrogen-bond donors (Lipinski definition) is 1. The van der Waals surface area contributed by atoms with Crippen LogP contribution in [-0.4, -0.2) is 5.91 Å². The predicted octanol–water partition coefficient (Wildman–Crippen LogP) is 5.51. The Balaban J connectivity index is 3.06. The monoisotopic (exact) mass is 281 g/mol. The number of amides is 1. The van der Waals surface area contributed by atoms with Gasteiger partial charge < -0.3 is 5.73 Å². The van der Waals surface area contributed by atoms with Crippen LogP contribution >= 0.6 is 0 Å². The van der Waals surface area contributed by atoms with Gasteiger partial charge in [0.25, 0.3) is 0 Å². The third-order valence-electron chi connectivity index (χ3n) is 3.68. The van der Waals surface area contributed by atoms with Crippen LogP contribution in [0.5, 0.6) is 0 Å². The molecule has 0 saturated carbocycles. The lowest BCUT2D eigenvalue weighted by Gasteiger charge is -2.00. The average molecular weight is 281 g/mol. The molecule has 2 N–H and O–H groups in total. The van der Waals surface area contributed by atoms with Crippen LogP contribution in [0.15, 0.2) is 12.2 Å². The van der Waals surface area contributed by atoms with Gasteiger partial charge in [0, 0.05) is 6.42 Å². The van der Waals surface area contributed by atoms with E-state index < -0.39 is 0 Å². The molecule has 0 fully saturated rings. The molecule has 0 heterocycles. The largest absolute Gasteiger partial charge is 0.370 e. The predicted molar refractivity (Wildman–Crippen MR) is 88.6 cm³/mol. The fraction of sp³-hybridized carbons (Fsp3) is 0.833. The normalized spacial score (nSPS) is 11.2. The molecule has 0 unspecified atom stereocenters. The molecule has 20 heavy (non-hydrogen) atoms. The molecule has 0 saturated heterocycles. The van der Waals surface area contributed by atoms with Crippen LogP contribution in [-0.2, 0) is 4.79 Å². The van der Waals surface area contributed by atoms with E-state index in [4.69, 9.17) is 5.73 Å². The second-order valence-electron chi connectivity index (χ2n) is 5.80. The highest BCUT2D eigenvalue weighted by atomic mass is 16.1. The molecule has 1 amide bonds. The van der Waals surface area contributed by atoms with E-state index in [1.165, 1.54) is 64.2 Å². The third-order valence-corrected chi connectivity index (χ3v) is 3.68. The molecule has 2 nitrogen and oxygen atoms in total. The van der Waals surface area contributed by atoms with Crippen LogP contribution in [0.4, 0.5) is 0 Å². The lowest BCUT2D eigenvalue weighted by Crippen LogP contribution is -2.09. The van der Waals surface area contributed by atoms with Crippen molar-refractivity contribution >= 4 is 5.91 Å². The summed E-state index contributed by atoms with van der Waals surface area (Å²) < 4.78 is 0. The van der Waals surface area contributed by atoms with Crippen molar-refractivity contribution in [2.75, 3.05) is 0 Å².